The molecule has 0 radical (unpaired) electrons. The Kier molecular flexibility index (Phi) is 2.73. The summed E-state index contributed by atoms with van der Waals surface area (Å²) < 4.78 is 0. The van der Waals surface area contributed by atoms with Crippen LogP contribution in [-0.4, -0.2) is 12.5 Å². The number of carbonyl (C=O) groups excluding carboxylic acids is 1. The van der Waals surface area contributed by atoms with Crippen LogP contribution in [-0.2, 0) is 6.42 Å². The summed E-state index contributed by atoms with van der Waals surface area (Å²) in [7, 11) is 0. The van der Waals surface area contributed by atoms with Crippen LogP contribution >= 0.6 is 0 Å². The van der Waals surface area contributed by atoms with Gasteiger partial charge in [-0.05, 0) is 30.7 Å². The van der Waals surface area contributed by atoms with E-state index in [9.17, 15) is 4.79 Å². The zero-order valence-electron chi connectivity index (χ0n) is 9.94. The lowest BCUT2D eigenvalue weighted by atomic mass is 10.1. The van der Waals surface area contributed by atoms with E-state index in [1.165, 1.54) is 5.56 Å². The van der Waals surface area contributed by atoms with E-state index < -0.39 is 0 Å². The van der Waals surface area contributed by atoms with E-state index in [4.69, 9.17) is 0 Å². The average molecular weight is 238 g/mol. The predicted molar refractivity (Wildman–Crippen MR) is 73.0 cm³/mol. The van der Waals surface area contributed by atoms with Crippen molar-refractivity contribution >= 4 is 17.3 Å². The number of fused-ring (bicyclic) bond motifs is 1. The molecule has 3 nitrogen and oxygen atoms in total. The Morgan fingerprint density at radius 3 is 2.72 bits per heavy atom. The zero-order valence-corrected chi connectivity index (χ0v) is 9.94. The maximum Gasteiger partial charge on any atom is 0.255 e. The van der Waals surface area contributed by atoms with Gasteiger partial charge >= 0.3 is 0 Å². The zero-order chi connectivity index (χ0) is 12.4. The normalized spacial score (nSPS) is 12.7. The first-order valence-corrected chi connectivity index (χ1v) is 6.07. The number of rotatable bonds is 2. The number of hydrogen-bond acceptors (Lipinski definition) is 2. The van der Waals surface area contributed by atoms with Gasteiger partial charge in [-0.3, -0.25) is 4.79 Å². The SMILES string of the molecule is O=C(Nc1cccc2c1CCN2)c1ccccc1. The molecule has 0 fully saturated rings. The molecule has 1 aliphatic heterocycles. The van der Waals surface area contributed by atoms with Gasteiger partial charge in [-0.15, -0.1) is 0 Å². The number of amides is 1. The first-order chi connectivity index (χ1) is 8.84. The number of hydrogen-bond donors (Lipinski definition) is 2. The van der Waals surface area contributed by atoms with Gasteiger partial charge in [0.2, 0.25) is 0 Å². The molecule has 2 aromatic rings. The first kappa shape index (κ1) is 10.8. The van der Waals surface area contributed by atoms with E-state index >= 15 is 0 Å². The van der Waals surface area contributed by atoms with Gasteiger partial charge in [-0.25, -0.2) is 0 Å². The van der Waals surface area contributed by atoms with Crippen molar-refractivity contribution in [1.29, 1.82) is 0 Å². The van der Waals surface area contributed by atoms with Crippen molar-refractivity contribution in [1.82, 2.24) is 0 Å². The quantitative estimate of drug-likeness (QED) is 0.844. The van der Waals surface area contributed by atoms with Crippen molar-refractivity contribution in [3.63, 3.8) is 0 Å². The van der Waals surface area contributed by atoms with Crippen LogP contribution in [0.3, 0.4) is 0 Å². The second kappa shape index (κ2) is 4.53. The van der Waals surface area contributed by atoms with Gasteiger partial charge in [-0.2, -0.15) is 0 Å². The van der Waals surface area contributed by atoms with Gasteiger partial charge in [0.15, 0.2) is 0 Å². The van der Waals surface area contributed by atoms with Gasteiger partial charge in [0, 0.05) is 29.0 Å². The standard InChI is InChI=1S/C15H14N2O/c18-15(11-5-2-1-3-6-11)17-14-8-4-7-13-12(14)9-10-16-13/h1-8,16H,9-10H2,(H,17,18). The summed E-state index contributed by atoms with van der Waals surface area (Å²) >= 11 is 0. The highest BCUT2D eigenvalue weighted by molar-refractivity contribution is 6.05. The monoisotopic (exact) mass is 238 g/mol. The Morgan fingerprint density at radius 2 is 1.89 bits per heavy atom. The number of carbonyl (C=O) groups is 1. The molecule has 1 amide bonds. The summed E-state index contributed by atoms with van der Waals surface area (Å²) in [5, 5.41) is 6.28. The molecule has 90 valence electrons. The van der Waals surface area contributed by atoms with Crippen LogP contribution in [0.2, 0.25) is 0 Å². The highest BCUT2D eigenvalue weighted by Crippen LogP contribution is 2.29. The van der Waals surface area contributed by atoms with Crippen LogP contribution in [0.5, 0.6) is 0 Å². The first-order valence-electron chi connectivity index (χ1n) is 6.07. The third-order valence-electron chi connectivity index (χ3n) is 3.15. The minimum Gasteiger partial charge on any atom is -0.384 e. The Hall–Kier alpha value is -2.29. The van der Waals surface area contributed by atoms with Crippen LogP contribution in [0.1, 0.15) is 15.9 Å². The third-order valence-corrected chi connectivity index (χ3v) is 3.15. The minimum absolute atomic E-state index is 0.0594. The van der Waals surface area contributed by atoms with Crippen molar-refractivity contribution < 1.29 is 4.79 Å². The number of nitrogens with one attached hydrogen (secondary N) is 2. The van der Waals surface area contributed by atoms with Gasteiger partial charge in [0.05, 0.1) is 0 Å². The van der Waals surface area contributed by atoms with E-state index in [1.54, 1.807) is 0 Å². The largest absolute Gasteiger partial charge is 0.384 e. The summed E-state index contributed by atoms with van der Waals surface area (Å²) in [5.74, 6) is -0.0594. The summed E-state index contributed by atoms with van der Waals surface area (Å²) in [6, 6.07) is 15.2. The number of anilines is 2. The molecule has 0 atom stereocenters. The summed E-state index contributed by atoms with van der Waals surface area (Å²) in [5.41, 5.74) is 3.91. The van der Waals surface area contributed by atoms with E-state index in [0.717, 1.165) is 24.3 Å². The molecule has 0 unspecified atom stereocenters. The molecule has 2 N–H and O–H groups in total. The lowest BCUT2D eigenvalue weighted by Crippen LogP contribution is -2.12. The predicted octanol–water partition coefficient (Wildman–Crippen LogP) is 2.91. The van der Waals surface area contributed by atoms with Gasteiger partial charge in [0.1, 0.15) is 0 Å². The van der Waals surface area contributed by atoms with Crippen molar-refractivity contribution in [2.45, 2.75) is 6.42 Å². The third kappa shape index (κ3) is 1.95. The van der Waals surface area contributed by atoms with Crippen LogP contribution in [0.25, 0.3) is 0 Å². The van der Waals surface area contributed by atoms with Gasteiger partial charge in [-0.1, -0.05) is 24.3 Å². The fourth-order valence-electron chi connectivity index (χ4n) is 2.25. The van der Waals surface area contributed by atoms with E-state index in [-0.39, 0.29) is 5.91 Å². The second-order valence-corrected chi connectivity index (χ2v) is 4.33. The van der Waals surface area contributed by atoms with E-state index in [1.807, 2.05) is 48.5 Å². The molecular weight excluding hydrogens is 224 g/mol. The Morgan fingerprint density at radius 1 is 1.06 bits per heavy atom. The fourth-order valence-corrected chi connectivity index (χ4v) is 2.25. The lowest BCUT2D eigenvalue weighted by molar-refractivity contribution is 0.102. The average Bonchev–Trinajstić information content (AvgIpc) is 2.89. The van der Waals surface area contributed by atoms with E-state index in [0.29, 0.717) is 5.56 Å². The highest BCUT2D eigenvalue weighted by Gasteiger charge is 2.15. The molecule has 2 aromatic carbocycles. The molecular formula is C15H14N2O. The fraction of sp³-hybridized carbons (Fsp3) is 0.133. The summed E-state index contributed by atoms with van der Waals surface area (Å²) in [4.78, 5) is 12.1. The maximum atomic E-state index is 12.1. The highest BCUT2D eigenvalue weighted by atomic mass is 16.1. The molecule has 0 aliphatic carbocycles. The molecule has 0 aromatic heterocycles. The molecule has 3 heteroatoms. The van der Waals surface area contributed by atoms with Crippen molar-refractivity contribution in [2.24, 2.45) is 0 Å². The molecule has 1 aliphatic rings. The Balaban J connectivity index is 1.86. The molecule has 18 heavy (non-hydrogen) atoms. The van der Waals surface area contributed by atoms with Gasteiger partial charge < -0.3 is 10.6 Å². The Labute approximate surface area is 106 Å². The van der Waals surface area contributed by atoms with E-state index in [2.05, 4.69) is 10.6 Å². The maximum absolute atomic E-state index is 12.1. The van der Waals surface area contributed by atoms with Gasteiger partial charge in [0.25, 0.3) is 5.91 Å². The van der Waals surface area contributed by atoms with Crippen molar-refractivity contribution in [2.75, 3.05) is 17.2 Å². The molecule has 0 saturated carbocycles. The summed E-state index contributed by atoms with van der Waals surface area (Å²) in [6.07, 6.45) is 0.959. The topological polar surface area (TPSA) is 41.1 Å². The van der Waals surface area contributed by atoms with Crippen molar-refractivity contribution in [3.05, 3.63) is 59.7 Å². The molecule has 3 rings (SSSR count). The molecule has 0 bridgehead atoms. The molecule has 0 saturated heterocycles. The van der Waals surface area contributed by atoms with Crippen molar-refractivity contribution in [3.8, 4) is 0 Å². The van der Waals surface area contributed by atoms with Crippen LogP contribution in [0, 0.1) is 0 Å². The molecule has 1 heterocycles. The lowest BCUT2D eigenvalue weighted by Gasteiger charge is -2.09. The van der Waals surface area contributed by atoms with Crippen LogP contribution < -0.4 is 10.6 Å². The Bertz CT molecular complexity index is 578. The van der Waals surface area contributed by atoms with Crippen LogP contribution in [0.15, 0.2) is 48.5 Å². The minimum atomic E-state index is -0.0594. The number of benzene rings is 2. The second-order valence-electron chi connectivity index (χ2n) is 4.33. The molecule has 0 spiro atoms. The summed E-state index contributed by atoms with van der Waals surface area (Å²) in [6.45, 7) is 0.938. The smallest absolute Gasteiger partial charge is 0.255 e. The van der Waals surface area contributed by atoms with Crippen LogP contribution in [0.4, 0.5) is 11.4 Å².